The summed E-state index contributed by atoms with van der Waals surface area (Å²) in [4.78, 5) is 56.9. The lowest BCUT2D eigenvalue weighted by Gasteiger charge is -2.44. The summed E-state index contributed by atoms with van der Waals surface area (Å²) in [5.41, 5.74) is 4.75. The lowest BCUT2D eigenvalue weighted by Crippen LogP contribution is -2.67. The fourth-order valence-electron chi connectivity index (χ4n) is 10.5. The Morgan fingerprint density at radius 2 is 1.70 bits per heavy atom. The number of ether oxygens (including phenoxy) is 3. The Bertz CT molecular complexity index is 2880. The largest absolute Gasteiger partial charge is 0.507 e. The zero-order valence-electron chi connectivity index (χ0n) is 39.5. The predicted octanol–water partition coefficient (Wildman–Crippen LogP) is 2.46. The monoisotopic (exact) mass is 974 g/mol. The molecular weight excluding hydrogens is 917 g/mol. The van der Waals surface area contributed by atoms with Gasteiger partial charge in [-0.15, -0.1) is 0 Å². The maximum atomic E-state index is 15.7. The van der Waals surface area contributed by atoms with Gasteiger partial charge in [0.05, 0.1) is 36.0 Å². The number of aromatic hydroxyl groups is 1. The number of ketones is 2. The molecule has 374 valence electrons. The highest BCUT2D eigenvalue weighted by atomic mass is 16.7. The number of fused-ring (bicyclic) bond motifs is 2. The van der Waals surface area contributed by atoms with Gasteiger partial charge in [-0.25, -0.2) is 0 Å². The Hall–Kier alpha value is -6.14. The summed E-state index contributed by atoms with van der Waals surface area (Å²) >= 11 is 0. The zero-order chi connectivity index (χ0) is 51.1. The van der Waals surface area contributed by atoms with E-state index in [1.807, 2.05) is 12.1 Å². The van der Waals surface area contributed by atoms with Crippen LogP contribution in [0.25, 0.3) is 12.2 Å². The molecule has 0 amide bonds. The molecule has 4 aliphatic rings. The summed E-state index contributed by atoms with van der Waals surface area (Å²) < 4.78 is 17.9. The average molecular weight is 975 g/mol. The first-order valence-electron chi connectivity index (χ1n) is 23.6. The molecule has 17 nitrogen and oxygen atoms in total. The number of nitrogens with two attached hydrogens (primary N) is 1. The lowest BCUT2D eigenvalue weighted by atomic mass is 9.75. The molecule has 8 atom stereocenters. The number of aldehydes is 1. The molecule has 1 heterocycles. The van der Waals surface area contributed by atoms with Gasteiger partial charge >= 0.3 is 5.97 Å². The van der Waals surface area contributed by atoms with E-state index in [1.165, 1.54) is 19.1 Å². The molecule has 17 heteroatoms. The van der Waals surface area contributed by atoms with Gasteiger partial charge in [-0.3, -0.25) is 19.2 Å². The number of phenolic OH excluding ortho intramolecular Hbond substituents is 1. The Labute approximate surface area is 409 Å². The van der Waals surface area contributed by atoms with Crippen LogP contribution in [0.1, 0.15) is 133 Å². The number of carbonyl (C=O) groups is 4. The maximum Gasteiger partial charge on any atom is 0.308 e. The average Bonchev–Trinajstić information content (AvgIpc) is 3.72. The summed E-state index contributed by atoms with van der Waals surface area (Å²) in [5.74, 6) is -1.37. The number of rotatable bonds is 10. The van der Waals surface area contributed by atoms with E-state index in [2.05, 4.69) is 17.2 Å². The Balaban J connectivity index is 1.43. The summed E-state index contributed by atoms with van der Waals surface area (Å²) in [6.07, 6.45) is -3.90. The van der Waals surface area contributed by atoms with Gasteiger partial charge in [0, 0.05) is 58.7 Å². The number of esters is 1. The summed E-state index contributed by atoms with van der Waals surface area (Å²) in [6.45, 7) is 2.21. The number of aliphatic hydroxyl groups is 7. The summed E-state index contributed by atoms with van der Waals surface area (Å²) in [6, 6.07) is 12.4. The minimum Gasteiger partial charge on any atom is -0.507 e. The summed E-state index contributed by atoms with van der Waals surface area (Å²) in [5, 5.41) is 93.8. The zero-order valence-corrected chi connectivity index (χ0v) is 39.5. The fourth-order valence-corrected chi connectivity index (χ4v) is 10.5. The SMILES string of the molecule is CNCC1CCC(O)(c2cccc(Cc3c(O)c4c5c(c3OC3OC(C)C(O)C(O)(O)C3O)CC#CC(N)CCC(O)Cc3cccc(c3)C=Cc3c(OC(C)=O)cc(CO)c(c3C5=O)C4=O)c2C=O)C1. The smallest absolute Gasteiger partial charge is 0.308 e. The number of hydrogen-bond acceptors (Lipinski definition) is 17. The molecule has 11 N–H and O–H groups in total. The quantitative estimate of drug-likeness (QED) is 0.0316. The Morgan fingerprint density at radius 3 is 2.42 bits per heavy atom. The second kappa shape index (κ2) is 20.5. The first-order chi connectivity index (χ1) is 33.8. The number of benzene rings is 4. The molecule has 1 saturated carbocycles. The number of carbonyl (C=O) groups excluding carboxylic acids is 4. The first kappa shape index (κ1) is 51.2. The second-order valence-corrected chi connectivity index (χ2v) is 19.0. The number of aliphatic hydroxyl groups excluding tert-OH is 4. The third-order valence-electron chi connectivity index (χ3n) is 14.0. The predicted molar refractivity (Wildman–Crippen MR) is 256 cm³/mol. The standard InChI is InChI=1S/C54H58N2O15/c1-27-50(64)54(67,68)51(65)52(69-27)71-49-37-11-6-10-34(55)14-15-35(60)20-30-8-4-7-29(19-30)13-16-36-41(70-28(2)59)22-33(25-57)42-43(36)48(63)44(37)45(47(42)62)46(61)38(49)21-32-9-5-12-40(39(32)26-58)53(66)18-17-31(23-53)24-56-3/h4-5,7-9,12-13,16,19,22,26-27,31,34-35,50-52,56-57,60-61,64-68H,11,14-15,17-18,20-21,23-25,55H2,1-3H3. The molecule has 4 aromatic rings. The molecule has 0 spiro atoms. The van der Waals surface area contributed by atoms with E-state index in [0.717, 1.165) is 12.5 Å². The van der Waals surface area contributed by atoms with Gasteiger partial charge in [0.15, 0.2) is 24.0 Å². The fraction of sp³-hybridized carbons (Fsp3) is 0.407. The van der Waals surface area contributed by atoms with Crippen LogP contribution in [0, 0.1) is 17.8 Å². The van der Waals surface area contributed by atoms with Crippen molar-refractivity contribution in [2.75, 3.05) is 13.6 Å². The van der Waals surface area contributed by atoms with Crippen molar-refractivity contribution in [3.63, 3.8) is 0 Å². The van der Waals surface area contributed by atoms with Gasteiger partial charge in [-0.1, -0.05) is 60.4 Å². The molecule has 4 bridgehead atoms. The third-order valence-corrected chi connectivity index (χ3v) is 14.0. The van der Waals surface area contributed by atoms with Crippen molar-refractivity contribution in [2.24, 2.45) is 11.7 Å². The highest BCUT2D eigenvalue weighted by Gasteiger charge is 2.55. The summed E-state index contributed by atoms with van der Waals surface area (Å²) in [7, 11) is 1.80. The molecule has 1 aliphatic heterocycles. The van der Waals surface area contributed by atoms with Crippen LogP contribution in [0.4, 0.5) is 0 Å². The van der Waals surface area contributed by atoms with Crippen LogP contribution < -0.4 is 20.5 Å². The van der Waals surface area contributed by atoms with Crippen LogP contribution in [0.3, 0.4) is 0 Å². The van der Waals surface area contributed by atoms with Crippen molar-refractivity contribution in [3.8, 4) is 29.1 Å². The van der Waals surface area contributed by atoms with Gasteiger partial charge < -0.3 is 66.1 Å². The molecule has 1 saturated heterocycles. The van der Waals surface area contributed by atoms with Crippen molar-refractivity contribution < 1.29 is 74.2 Å². The molecule has 2 fully saturated rings. The van der Waals surface area contributed by atoms with Crippen molar-refractivity contribution in [1.82, 2.24) is 5.32 Å². The van der Waals surface area contributed by atoms with Crippen molar-refractivity contribution in [3.05, 3.63) is 121 Å². The van der Waals surface area contributed by atoms with E-state index in [0.29, 0.717) is 43.2 Å². The van der Waals surface area contributed by atoms with Crippen molar-refractivity contribution >= 4 is 36.0 Å². The lowest BCUT2D eigenvalue weighted by molar-refractivity contribution is -0.371. The highest BCUT2D eigenvalue weighted by molar-refractivity contribution is 6.32. The molecule has 4 aromatic carbocycles. The minimum absolute atomic E-state index is 0.0542. The maximum absolute atomic E-state index is 15.7. The van der Waals surface area contributed by atoms with Crippen LogP contribution in [-0.4, -0.2) is 121 Å². The third kappa shape index (κ3) is 9.81. The second-order valence-electron chi connectivity index (χ2n) is 19.0. The molecule has 71 heavy (non-hydrogen) atoms. The normalized spacial score (nSPS) is 25.9. The molecule has 0 aromatic heterocycles. The van der Waals surface area contributed by atoms with E-state index < -0.39 is 108 Å². The van der Waals surface area contributed by atoms with E-state index in [4.69, 9.17) is 19.9 Å². The topological polar surface area (TPSA) is 296 Å². The highest BCUT2D eigenvalue weighted by Crippen LogP contribution is 2.49. The number of phenols is 1. The van der Waals surface area contributed by atoms with Gasteiger partial charge in [0.25, 0.3) is 0 Å². The van der Waals surface area contributed by atoms with Crippen LogP contribution in [0.2, 0.25) is 0 Å². The van der Waals surface area contributed by atoms with Gasteiger partial charge in [0.2, 0.25) is 12.1 Å². The van der Waals surface area contributed by atoms with Gasteiger partial charge in [-0.2, -0.15) is 0 Å². The van der Waals surface area contributed by atoms with Crippen LogP contribution >= 0.6 is 0 Å². The molecule has 8 rings (SSSR count). The molecule has 8 unspecified atom stereocenters. The van der Waals surface area contributed by atoms with E-state index in [-0.39, 0.29) is 75.4 Å². The van der Waals surface area contributed by atoms with E-state index in [1.54, 1.807) is 43.5 Å². The van der Waals surface area contributed by atoms with Gasteiger partial charge in [0.1, 0.15) is 23.4 Å². The molecule has 0 radical (unpaired) electrons. The van der Waals surface area contributed by atoms with Crippen LogP contribution in [0.5, 0.6) is 17.2 Å². The van der Waals surface area contributed by atoms with Crippen molar-refractivity contribution in [2.45, 2.75) is 120 Å². The van der Waals surface area contributed by atoms with Gasteiger partial charge in [-0.05, 0) is 105 Å². The van der Waals surface area contributed by atoms with E-state index >= 15 is 9.59 Å². The van der Waals surface area contributed by atoms with Crippen LogP contribution in [0.15, 0.2) is 48.5 Å². The number of hydrogen-bond donors (Lipinski definition) is 10. The molecule has 3 aliphatic carbocycles. The first-order valence-corrected chi connectivity index (χ1v) is 23.6. The number of nitrogens with one attached hydrogen (secondary N) is 1. The van der Waals surface area contributed by atoms with Crippen molar-refractivity contribution in [1.29, 1.82) is 0 Å². The van der Waals surface area contributed by atoms with E-state index in [9.17, 15) is 50.4 Å². The Morgan fingerprint density at radius 1 is 0.958 bits per heavy atom. The van der Waals surface area contributed by atoms with Crippen LogP contribution in [-0.2, 0) is 41.0 Å². The Kier molecular flexibility index (Phi) is 14.8. The minimum atomic E-state index is -3.22. The molecular formula is C54H58N2O15.